The number of nitrogens with one attached hydrogen (secondary N) is 2. The summed E-state index contributed by atoms with van der Waals surface area (Å²) in [7, 11) is 1.45. The topological polar surface area (TPSA) is 53.2 Å². The van der Waals surface area contributed by atoms with Gasteiger partial charge in [-0.1, -0.05) is 14.0 Å². The molecule has 1 aromatic carbocycles. The molecule has 0 atom stereocenters. The Labute approximate surface area is 197 Å². The van der Waals surface area contributed by atoms with E-state index in [1.165, 1.54) is 43.6 Å². The zero-order valence-electron chi connectivity index (χ0n) is 19.1. The smallest absolute Gasteiger partial charge is 0.418 e. The van der Waals surface area contributed by atoms with E-state index in [-0.39, 0.29) is 24.9 Å². The summed E-state index contributed by atoms with van der Waals surface area (Å²) in [6.45, 7) is 2.37. The van der Waals surface area contributed by atoms with Crippen LogP contribution in [0.1, 0.15) is 42.7 Å². The summed E-state index contributed by atoms with van der Waals surface area (Å²) in [5.74, 6) is 1.41. The zero-order valence-corrected chi connectivity index (χ0v) is 20.0. The number of alkyl halides is 3. The highest BCUT2D eigenvalue weighted by atomic mass is 31.1. The number of aromatic amines is 1. The maximum atomic E-state index is 13.5. The summed E-state index contributed by atoms with van der Waals surface area (Å²) in [5.41, 5.74) is 1.11. The van der Waals surface area contributed by atoms with Gasteiger partial charge in [0.05, 0.1) is 18.4 Å². The molecular weight excluding hydrogens is 460 g/mol. The van der Waals surface area contributed by atoms with E-state index in [4.69, 9.17) is 4.74 Å². The van der Waals surface area contributed by atoms with Crippen LogP contribution in [-0.4, -0.2) is 53.4 Å². The second-order valence-corrected chi connectivity index (χ2v) is 12.0. The van der Waals surface area contributed by atoms with Gasteiger partial charge in [-0.25, -0.2) is 4.98 Å². The van der Waals surface area contributed by atoms with Gasteiger partial charge < -0.3 is 15.0 Å². The van der Waals surface area contributed by atoms with Gasteiger partial charge >= 0.3 is 6.18 Å². The Bertz CT molecular complexity index is 1210. The minimum Gasteiger partial charge on any atom is -0.495 e. The van der Waals surface area contributed by atoms with Crippen LogP contribution in [0.2, 0.25) is 0 Å². The van der Waals surface area contributed by atoms with Crippen molar-refractivity contribution in [3.05, 3.63) is 41.6 Å². The Balaban J connectivity index is 1.26. The Morgan fingerprint density at radius 2 is 1.88 bits per heavy atom. The molecule has 6 rings (SSSR count). The fourth-order valence-corrected chi connectivity index (χ4v) is 7.39. The number of aromatic nitrogens is 2. The molecule has 1 saturated heterocycles. The van der Waals surface area contributed by atoms with E-state index in [1.807, 2.05) is 6.07 Å². The average molecular weight is 488 g/mol. The highest BCUT2D eigenvalue weighted by Crippen LogP contribution is 2.47. The molecule has 0 bridgehead atoms. The van der Waals surface area contributed by atoms with Gasteiger partial charge in [-0.15, -0.1) is 0 Å². The molecular formula is C25H28F3N4OP. The van der Waals surface area contributed by atoms with Crippen LogP contribution in [-0.2, 0) is 6.18 Å². The van der Waals surface area contributed by atoms with Crippen LogP contribution in [0.3, 0.4) is 0 Å². The van der Waals surface area contributed by atoms with Gasteiger partial charge in [0.15, 0.2) is 0 Å². The number of ether oxygens (including phenoxy) is 1. The third kappa shape index (κ3) is 4.27. The third-order valence-electron chi connectivity index (χ3n) is 7.19. The highest BCUT2D eigenvalue weighted by Gasteiger charge is 2.37. The fourth-order valence-electron chi connectivity index (χ4n) is 5.07. The predicted octanol–water partition coefficient (Wildman–Crippen LogP) is 5.80. The maximum Gasteiger partial charge on any atom is 0.418 e. The number of fused-ring (bicyclic) bond motifs is 1. The molecule has 2 saturated carbocycles. The lowest BCUT2D eigenvalue weighted by Crippen LogP contribution is -2.37. The van der Waals surface area contributed by atoms with Crippen molar-refractivity contribution in [1.29, 1.82) is 0 Å². The number of H-pyrrole nitrogens is 1. The van der Waals surface area contributed by atoms with Crippen LogP contribution >= 0.6 is 7.92 Å². The number of methoxy groups -OCH3 is 1. The lowest BCUT2D eigenvalue weighted by atomic mass is 10.0. The number of anilines is 2. The van der Waals surface area contributed by atoms with Gasteiger partial charge in [-0.05, 0) is 73.0 Å². The molecule has 3 aromatic rings. The van der Waals surface area contributed by atoms with E-state index in [2.05, 4.69) is 32.3 Å². The molecule has 2 aliphatic carbocycles. The number of benzene rings is 1. The summed E-state index contributed by atoms with van der Waals surface area (Å²) in [5, 5.41) is 4.85. The van der Waals surface area contributed by atoms with Crippen LogP contribution in [0, 0.1) is 0 Å². The number of hydrogen-bond acceptors (Lipinski definition) is 4. The lowest BCUT2D eigenvalue weighted by molar-refractivity contribution is -0.136. The second kappa shape index (κ2) is 8.42. The van der Waals surface area contributed by atoms with Gasteiger partial charge in [0.2, 0.25) is 0 Å². The minimum absolute atomic E-state index is 0.150. The molecule has 2 N–H and O–H groups in total. The Hall–Kier alpha value is -2.31. The summed E-state index contributed by atoms with van der Waals surface area (Å²) in [6, 6.07) is 8.91. The third-order valence-corrected chi connectivity index (χ3v) is 9.67. The van der Waals surface area contributed by atoms with Crippen molar-refractivity contribution < 1.29 is 17.9 Å². The van der Waals surface area contributed by atoms with E-state index in [1.54, 1.807) is 13.2 Å². The van der Waals surface area contributed by atoms with E-state index in [0.29, 0.717) is 11.4 Å². The first-order chi connectivity index (χ1) is 16.4. The van der Waals surface area contributed by atoms with E-state index >= 15 is 0 Å². The van der Waals surface area contributed by atoms with Gasteiger partial charge in [0.25, 0.3) is 0 Å². The fraction of sp³-hybridized carbons (Fsp3) is 0.480. The number of hydrogen-bond donors (Lipinski definition) is 2. The Morgan fingerprint density at radius 1 is 1.12 bits per heavy atom. The molecule has 5 nitrogen and oxygen atoms in total. The van der Waals surface area contributed by atoms with Crippen LogP contribution < -0.4 is 15.4 Å². The molecule has 3 aliphatic rings. The molecule has 2 aromatic heterocycles. The normalized spacial score (nSPS) is 20.1. The van der Waals surface area contributed by atoms with Crippen LogP contribution in [0.4, 0.5) is 24.7 Å². The number of halogens is 3. The minimum atomic E-state index is -4.41. The number of nitrogens with zero attached hydrogens (tertiary/aromatic N) is 2. The van der Waals surface area contributed by atoms with Crippen molar-refractivity contribution in [2.75, 3.05) is 37.8 Å². The van der Waals surface area contributed by atoms with Crippen LogP contribution in [0.5, 0.6) is 5.75 Å². The monoisotopic (exact) mass is 488 g/mol. The molecule has 0 amide bonds. The van der Waals surface area contributed by atoms with Gasteiger partial charge in [-0.2, -0.15) is 13.2 Å². The average Bonchev–Trinajstić information content (AvgIpc) is 3.75. The second-order valence-electron chi connectivity index (χ2n) is 9.56. The first-order valence-electron chi connectivity index (χ1n) is 11.9. The maximum absolute atomic E-state index is 13.5. The molecule has 0 unspecified atom stereocenters. The van der Waals surface area contributed by atoms with Crippen LogP contribution in [0.15, 0.2) is 30.5 Å². The highest BCUT2D eigenvalue weighted by molar-refractivity contribution is 7.65. The Kier molecular flexibility index (Phi) is 5.49. The summed E-state index contributed by atoms with van der Waals surface area (Å²) >= 11 is 0. The molecule has 180 valence electrons. The zero-order chi connectivity index (χ0) is 23.4. The van der Waals surface area contributed by atoms with Crippen molar-refractivity contribution in [2.24, 2.45) is 0 Å². The SMILES string of the molecule is COc1cc(P2CCN(C3CC3)CC2)ccc1Nc1cc(C2CC2)c2c(C(F)(F)F)c[nH]c2n1. The van der Waals surface area contributed by atoms with Crippen molar-refractivity contribution >= 4 is 35.8 Å². The van der Waals surface area contributed by atoms with E-state index in [9.17, 15) is 13.2 Å². The quantitative estimate of drug-likeness (QED) is 0.431. The first-order valence-corrected chi connectivity index (χ1v) is 13.6. The molecule has 3 fully saturated rings. The van der Waals surface area contributed by atoms with Crippen molar-refractivity contribution in [1.82, 2.24) is 14.9 Å². The molecule has 3 heterocycles. The van der Waals surface area contributed by atoms with E-state index in [0.717, 1.165) is 36.5 Å². The van der Waals surface area contributed by atoms with Gasteiger partial charge in [0.1, 0.15) is 17.2 Å². The van der Waals surface area contributed by atoms with Gasteiger partial charge in [0, 0.05) is 30.7 Å². The predicted molar refractivity (Wildman–Crippen MR) is 130 cm³/mol. The molecule has 9 heteroatoms. The van der Waals surface area contributed by atoms with Crippen molar-refractivity contribution in [3.63, 3.8) is 0 Å². The molecule has 1 aliphatic heterocycles. The summed E-state index contributed by atoms with van der Waals surface area (Å²) in [6.07, 6.45) is 3.58. The molecule has 0 radical (unpaired) electrons. The largest absolute Gasteiger partial charge is 0.495 e. The summed E-state index contributed by atoms with van der Waals surface area (Å²) < 4.78 is 46.3. The van der Waals surface area contributed by atoms with Crippen LogP contribution in [0.25, 0.3) is 11.0 Å². The Morgan fingerprint density at radius 3 is 2.53 bits per heavy atom. The lowest BCUT2D eigenvalue weighted by Gasteiger charge is -2.32. The summed E-state index contributed by atoms with van der Waals surface area (Å²) in [4.78, 5) is 9.84. The number of pyridine rings is 1. The molecule has 0 spiro atoms. The van der Waals surface area contributed by atoms with Crippen molar-refractivity contribution in [3.8, 4) is 5.75 Å². The van der Waals surface area contributed by atoms with Gasteiger partial charge in [-0.3, -0.25) is 4.90 Å². The van der Waals surface area contributed by atoms with E-state index < -0.39 is 11.7 Å². The molecule has 34 heavy (non-hydrogen) atoms. The number of rotatable bonds is 6. The van der Waals surface area contributed by atoms with Crippen molar-refractivity contribution in [2.45, 2.75) is 43.8 Å². The first kappa shape index (κ1) is 22.2. The standard InChI is InChI=1S/C25H28F3N4OP/c1-33-21-12-17(34-10-8-32(9-11-34)16-4-5-16)6-7-20(21)30-22-13-18(15-2-3-15)23-19(25(26,27)28)14-29-24(23)31-22/h6-7,12-16H,2-5,8-11H2,1H3,(H2,29,30,31).